The van der Waals surface area contributed by atoms with E-state index in [2.05, 4.69) is 251 Å². The van der Waals surface area contributed by atoms with Crippen LogP contribution in [0, 0.1) is 0 Å². The van der Waals surface area contributed by atoms with Gasteiger partial charge in [0.05, 0.1) is 22.1 Å². The minimum Gasteiger partial charge on any atom is -0.310 e. The molecule has 0 fully saturated rings. The van der Waals surface area contributed by atoms with Gasteiger partial charge in [-0.05, 0) is 106 Å². The largest absolute Gasteiger partial charge is 0.310 e. The van der Waals surface area contributed by atoms with E-state index in [4.69, 9.17) is 0 Å². The smallest absolute Gasteiger partial charge is 0.0619 e. The van der Waals surface area contributed by atoms with Gasteiger partial charge < -0.3 is 14.0 Å². The van der Waals surface area contributed by atoms with Crippen LogP contribution in [0.2, 0.25) is 0 Å². The second-order valence-electron chi connectivity index (χ2n) is 15.7. The van der Waals surface area contributed by atoms with E-state index in [1.165, 1.54) is 71.1 Å². The highest BCUT2D eigenvalue weighted by atomic mass is 15.1. The standard InChI is InChI=1S/C58H39N3/c1-2-18-43(19-3-1)61-57-30-11-8-24-53(57)54-27-14-26-50(58(54)61)42-17-12-20-47(39-42)59(44-33-31-41(32-34-44)49-25-13-16-40-15-4-5-21-48(40)49)45-35-37-46(38-36-45)60-55-28-9-6-22-51(55)52-23-7-10-29-56(52)60/h1-39H. The molecule has 2 heterocycles. The molecule has 0 saturated heterocycles. The van der Waals surface area contributed by atoms with E-state index >= 15 is 0 Å². The maximum absolute atomic E-state index is 2.42. The number of para-hydroxylation sites is 5. The number of rotatable bonds is 7. The van der Waals surface area contributed by atoms with Crippen molar-refractivity contribution in [1.29, 1.82) is 0 Å². The summed E-state index contributed by atoms with van der Waals surface area (Å²) in [7, 11) is 0. The number of hydrogen-bond donors (Lipinski definition) is 0. The summed E-state index contributed by atoms with van der Waals surface area (Å²) in [6.07, 6.45) is 0. The molecule has 0 aliphatic rings. The van der Waals surface area contributed by atoms with Gasteiger partial charge in [0.1, 0.15) is 0 Å². The molecule has 0 aliphatic heterocycles. The van der Waals surface area contributed by atoms with Crippen molar-refractivity contribution in [3.8, 4) is 33.6 Å². The molecule has 0 saturated carbocycles. The molecule has 0 spiro atoms. The Balaban J connectivity index is 1.03. The highest BCUT2D eigenvalue weighted by Gasteiger charge is 2.19. The number of aromatic nitrogens is 2. The Labute approximate surface area is 354 Å². The van der Waals surface area contributed by atoms with E-state index in [-0.39, 0.29) is 0 Å². The third kappa shape index (κ3) is 5.74. The summed E-state index contributed by atoms with van der Waals surface area (Å²) in [5.74, 6) is 0. The molecule has 286 valence electrons. The predicted molar refractivity (Wildman–Crippen MR) is 258 cm³/mol. The van der Waals surface area contributed by atoms with Crippen LogP contribution >= 0.6 is 0 Å². The molecule has 0 radical (unpaired) electrons. The minimum atomic E-state index is 1.08. The number of benzene rings is 10. The molecule has 0 atom stereocenters. The molecule has 3 nitrogen and oxygen atoms in total. The first-order valence-corrected chi connectivity index (χ1v) is 20.9. The van der Waals surface area contributed by atoms with Crippen LogP contribution in [-0.4, -0.2) is 9.13 Å². The Morgan fingerprint density at radius 2 is 0.770 bits per heavy atom. The van der Waals surface area contributed by atoms with Crippen molar-refractivity contribution in [2.24, 2.45) is 0 Å². The summed E-state index contributed by atoms with van der Waals surface area (Å²) in [6.45, 7) is 0. The first-order valence-electron chi connectivity index (χ1n) is 20.9. The lowest BCUT2D eigenvalue weighted by Gasteiger charge is -2.27. The molecular formula is C58H39N3. The number of anilines is 3. The SMILES string of the molecule is c1ccc(-n2c3ccccc3c3cccc(-c4cccc(N(c5ccc(-c6cccc7ccccc67)cc5)c5ccc(-n6c7ccccc7c7ccccc76)cc5)c4)c32)cc1. The molecule has 0 unspecified atom stereocenters. The normalized spacial score (nSPS) is 11.6. The van der Waals surface area contributed by atoms with Crippen LogP contribution in [0.15, 0.2) is 237 Å². The zero-order chi connectivity index (χ0) is 40.3. The summed E-state index contributed by atoms with van der Waals surface area (Å²) in [4.78, 5) is 2.39. The van der Waals surface area contributed by atoms with Gasteiger partial charge >= 0.3 is 0 Å². The Morgan fingerprint density at radius 1 is 0.279 bits per heavy atom. The molecule has 0 aliphatic carbocycles. The number of hydrogen-bond acceptors (Lipinski definition) is 1. The van der Waals surface area contributed by atoms with E-state index in [0.29, 0.717) is 0 Å². The zero-order valence-corrected chi connectivity index (χ0v) is 33.4. The maximum Gasteiger partial charge on any atom is 0.0619 e. The Kier molecular flexibility index (Phi) is 8.17. The fourth-order valence-electron chi connectivity index (χ4n) is 9.58. The average Bonchev–Trinajstić information content (AvgIpc) is 3.86. The second kappa shape index (κ2) is 14.3. The van der Waals surface area contributed by atoms with Crippen LogP contribution in [0.25, 0.3) is 88.0 Å². The molecule has 3 heteroatoms. The van der Waals surface area contributed by atoms with Crippen LogP contribution in [0.5, 0.6) is 0 Å². The maximum atomic E-state index is 2.42. The fourth-order valence-corrected chi connectivity index (χ4v) is 9.58. The van der Waals surface area contributed by atoms with Gasteiger partial charge in [-0.3, -0.25) is 0 Å². The molecule has 12 aromatic rings. The van der Waals surface area contributed by atoms with Crippen LogP contribution < -0.4 is 4.90 Å². The van der Waals surface area contributed by atoms with E-state index < -0.39 is 0 Å². The van der Waals surface area contributed by atoms with Crippen molar-refractivity contribution in [3.63, 3.8) is 0 Å². The first kappa shape index (κ1) is 34.9. The van der Waals surface area contributed by atoms with Gasteiger partial charge in [-0.15, -0.1) is 0 Å². The Bertz CT molecular complexity index is 3520. The Morgan fingerprint density at radius 3 is 1.48 bits per heavy atom. The molecular weight excluding hydrogens is 739 g/mol. The third-order valence-corrected chi connectivity index (χ3v) is 12.3. The monoisotopic (exact) mass is 777 g/mol. The van der Waals surface area contributed by atoms with Crippen LogP contribution in [0.3, 0.4) is 0 Å². The summed E-state index contributed by atoms with van der Waals surface area (Å²) in [5, 5.41) is 7.50. The molecule has 61 heavy (non-hydrogen) atoms. The van der Waals surface area contributed by atoms with Gasteiger partial charge in [-0.2, -0.15) is 0 Å². The summed E-state index contributed by atoms with van der Waals surface area (Å²) in [6, 6.07) is 85.9. The minimum absolute atomic E-state index is 1.08. The van der Waals surface area contributed by atoms with Crippen molar-refractivity contribution in [1.82, 2.24) is 9.13 Å². The third-order valence-electron chi connectivity index (χ3n) is 12.3. The summed E-state index contributed by atoms with van der Waals surface area (Å²) in [5.41, 5.74) is 15.1. The lowest BCUT2D eigenvalue weighted by atomic mass is 9.98. The highest BCUT2D eigenvalue weighted by Crippen LogP contribution is 2.42. The van der Waals surface area contributed by atoms with Gasteiger partial charge in [0.25, 0.3) is 0 Å². The van der Waals surface area contributed by atoms with Crippen LogP contribution in [-0.2, 0) is 0 Å². The second-order valence-corrected chi connectivity index (χ2v) is 15.7. The van der Waals surface area contributed by atoms with Gasteiger partial charge in [0.15, 0.2) is 0 Å². The van der Waals surface area contributed by atoms with Crippen molar-refractivity contribution >= 4 is 71.4 Å². The summed E-state index contributed by atoms with van der Waals surface area (Å²) >= 11 is 0. The van der Waals surface area contributed by atoms with Crippen LogP contribution in [0.1, 0.15) is 0 Å². The molecule has 0 amide bonds. The lowest BCUT2D eigenvalue weighted by molar-refractivity contribution is 1.17. The fraction of sp³-hybridized carbons (Fsp3) is 0. The predicted octanol–water partition coefficient (Wildman–Crippen LogP) is 15.8. The van der Waals surface area contributed by atoms with Gasteiger partial charge in [0.2, 0.25) is 0 Å². The van der Waals surface area contributed by atoms with E-state index in [0.717, 1.165) is 34.0 Å². The van der Waals surface area contributed by atoms with E-state index in [1.807, 2.05) is 0 Å². The highest BCUT2D eigenvalue weighted by molar-refractivity contribution is 6.14. The first-order chi connectivity index (χ1) is 30.3. The Hall–Kier alpha value is -8.14. The van der Waals surface area contributed by atoms with Gasteiger partial charge in [-0.25, -0.2) is 0 Å². The quantitative estimate of drug-likeness (QED) is 0.157. The molecule has 10 aromatic carbocycles. The van der Waals surface area contributed by atoms with Crippen molar-refractivity contribution in [3.05, 3.63) is 237 Å². The molecule has 12 rings (SSSR count). The van der Waals surface area contributed by atoms with Gasteiger partial charge in [0, 0.05) is 55.5 Å². The van der Waals surface area contributed by atoms with Gasteiger partial charge in [-0.1, -0.05) is 158 Å². The van der Waals surface area contributed by atoms with Crippen LogP contribution in [0.4, 0.5) is 17.1 Å². The molecule has 2 aromatic heterocycles. The van der Waals surface area contributed by atoms with E-state index in [9.17, 15) is 0 Å². The summed E-state index contributed by atoms with van der Waals surface area (Å²) < 4.78 is 4.80. The molecule has 0 N–H and O–H groups in total. The van der Waals surface area contributed by atoms with Crippen molar-refractivity contribution < 1.29 is 0 Å². The lowest BCUT2D eigenvalue weighted by Crippen LogP contribution is -2.10. The average molecular weight is 778 g/mol. The van der Waals surface area contributed by atoms with E-state index in [1.54, 1.807) is 0 Å². The molecule has 0 bridgehead atoms. The number of fused-ring (bicyclic) bond motifs is 7. The zero-order valence-electron chi connectivity index (χ0n) is 33.4. The van der Waals surface area contributed by atoms with Crippen molar-refractivity contribution in [2.45, 2.75) is 0 Å². The topological polar surface area (TPSA) is 13.1 Å². The van der Waals surface area contributed by atoms with Crippen molar-refractivity contribution in [2.75, 3.05) is 4.90 Å². The number of nitrogens with zero attached hydrogens (tertiary/aromatic N) is 3.